The molecule has 6 nitrogen and oxygen atoms in total. The van der Waals surface area contributed by atoms with Crippen molar-refractivity contribution in [2.75, 3.05) is 7.11 Å². The Morgan fingerprint density at radius 1 is 1.13 bits per heavy atom. The quantitative estimate of drug-likeness (QED) is 0.305. The van der Waals surface area contributed by atoms with E-state index in [4.69, 9.17) is 16.3 Å². The fraction of sp³-hybridized carbons (Fsp3) is 0.0455. The average Bonchev–Trinajstić information content (AvgIpc) is 3.22. The number of benzene rings is 3. The van der Waals surface area contributed by atoms with Gasteiger partial charge in [-0.3, -0.25) is 5.10 Å². The Hall–Kier alpha value is -3.29. The predicted molar refractivity (Wildman–Crippen MR) is 119 cm³/mol. The minimum absolute atomic E-state index is 0.0753. The topological polar surface area (TPSA) is 88.1 Å². The van der Waals surface area contributed by atoms with E-state index in [1.54, 1.807) is 25.3 Å². The van der Waals surface area contributed by atoms with Crippen LogP contribution in [0.4, 0.5) is 0 Å². The summed E-state index contributed by atoms with van der Waals surface area (Å²) in [4.78, 5) is 16.4. The molecule has 0 fully saturated rings. The van der Waals surface area contributed by atoms with Crippen molar-refractivity contribution in [1.29, 1.82) is 0 Å². The molecule has 0 aliphatic heterocycles. The van der Waals surface area contributed by atoms with E-state index < -0.39 is 5.97 Å². The maximum Gasteiger partial charge on any atom is 0.342 e. The second-order valence-corrected chi connectivity index (χ2v) is 7.74. The first-order valence-corrected chi connectivity index (χ1v) is 10.1. The maximum atomic E-state index is 11.9. The van der Waals surface area contributed by atoms with Gasteiger partial charge in [0.25, 0.3) is 0 Å². The van der Waals surface area contributed by atoms with Crippen LogP contribution in [0.5, 0.6) is 5.75 Å². The van der Waals surface area contributed by atoms with Crippen molar-refractivity contribution in [3.63, 3.8) is 0 Å². The minimum atomic E-state index is -1.08. The van der Waals surface area contributed by atoms with Gasteiger partial charge in [-0.15, -0.1) is 5.10 Å². The normalized spacial score (nSPS) is 11.6. The lowest BCUT2D eigenvalue weighted by Crippen LogP contribution is -1.98. The number of carbonyl (C=O) groups is 1. The van der Waals surface area contributed by atoms with Gasteiger partial charge in [-0.1, -0.05) is 41.9 Å². The second-order valence-electron chi connectivity index (χ2n) is 6.29. The van der Waals surface area contributed by atoms with E-state index in [-0.39, 0.29) is 4.91 Å². The SMILES string of the molecule is COc1ccc2ccccc2c1/C=C(\Sc1n[nH]c(-c2ccc(Cl)cc2)n1)C(=O)O. The number of aliphatic carboxylic acids is 1. The number of nitrogens with zero attached hydrogens (tertiary/aromatic N) is 2. The summed E-state index contributed by atoms with van der Waals surface area (Å²) in [5, 5.41) is 19.6. The zero-order valence-corrected chi connectivity index (χ0v) is 17.4. The van der Waals surface area contributed by atoms with Crippen LogP contribution in [0.2, 0.25) is 5.02 Å². The molecule has 30 heavy (non-hydrogen) atoms. The van der Waals surface area contributed by atoms with Crippen LogP contribution in [0, 0.1) is 0 Å². The lowest BCUT2D eigenvalue weighted by atomic mass is 10.0. The summed E-state index contributed by atoms with van der Waals surface area (Å²) in [7, 11) is 1.56. The van der Waals surface area contributed by atoms with Gasteiger partial charge in [-0.05, 0) is 58.9 Å². The van der Waals surface area contributed by atoms with Gasteiger partial charge in [0.2, 0.25) is 5.16 Å². The zero-order valence-electron chi connectivity index (χ0n) is 15.8. The monoisotopic (exact) mass is 437 g/mol. The third-order valence-electron chi connectivity index (χ3n) is 4.42. The van der Waals surface area contributed by atoms with Crippen molar-refractivity contribution >= 4 is 46.2 Å². The molecular weight excluding hydrogens is 422 g/mol. The molecule has 4 rings (SSSR count). The number of aromatic nitrogens is 3. The Labute approximate surface area is 181 Å². The summed E-state index contributed by atoms with van der Waals surface area (Å²) >= 11 is 6.88. The van der Waals surface area contributed by atoms with E-state index in [0.717, 1.165) is 28.1 Å². The number of H-pyrrole nitrogens is 1. The second kappa shape index (κ2) is 8.61. The van der Waals surface area contributed by atoms with Gasteiger partial charge in [0.15, 0.2) is 5.82 Å². The van der Waals surface area contributed by atoms with Crippen molar-refractivity contribution in [2.45, 2.75) is 5.16 Å². The highest BCUT2D eigenvalue weighted by Crippen LogP contribution is 2.34. The summed E-state index contributed by atoms with van der Waals surface area (Å²) < 4.78 is 5.46. The molecule has 0 saturated carbocycles. The summed E-state index contributed by atoms with van der Waals surface area (Å²) in [5.41, 5.74) is 1.49. The Bertz CT molecular complexity index is 1250. The number of carboxylic acid groups (broad SMARTS) is 1. The van der Waals surface area contributed by atoms with E-state index >= 15 is 0 Å². The highest BCUT2D eigenvalue weighted by atomic mass is 35.5. The van der Waals surface area contributed by atoms with Crippen LogP contribution in [0.15, 0.2) is 70.7 Å². The number of carboxylic acids is 1. The summed E-state index contributed by atoms with van der Waals surface area (Å²) in [6, 6.07) is 18.6. The number of fused-ring (bicyclic) bond motifs is 1. The third-order valence-corrected chi connectivity index (χ3v) is 5.55. The molecule has 8 heteroatoms. The van der Waals surface area contributed by atoms with Crippen LogP contribution >= 0.6 is 23.4 Å². The van der Waals surface area contributed by atoms with E-state index in [1.807, 2.05) is 48.5 Å². The van der Waals surface area contributed by atoms with Crippen molar-refractivity contribution in [3.8, 4) is 17.1 Å². The molecule has 0 spiro atoms. The van der Waals surface area contributed by atoms with E-state index in [0.29, 0.717) is 27.3 Å². The number of thioether (sulfide) groups is 1. The van der Waals surface area contributed by atoms with Crippen LogP contribution in [0.25, 0.3) is 28.2 Å². The highest BCUT2D eigenvalue weighted by molar-refractivity contribution is 8.04. The first-order chi connectivity index (χ1) is 14.5. The smallest absolute Gasteiger partial charge is 0.342 e. The third kappa shape index (κ3) is 4.17. The lowest BCUT2D eigenvalue weighted by molar-refractivity contribution is -0.131. The van der Waals surface area contributed by atoms with Gasteiger partial charge in [-0.25, -0.2) is 9.78 Å². The van der Waals surface area contributed by atoms with Gasteiger partial charge < -0.3 is 9.84 Å². The number of hydrogen-bond acceptors (Lipinski definition) is 5. The molecule has 3 aromatic carbocycles. The molecular formula is C22H16ClN3O3S. The fourth-order valence-electron chi connectivity index (χ4n) is 3.00. The molecule has 0 bridgehead atoms. The van der Waals surface area contributed by atoms with E-state index in [1.165, 1.54) is 0 Å². The van der Waals surface area contributed by atoms with Crippen LogP contribution in [-0.4, -0.2) is 33.4 Å². The van der Waals surface area contributed by atoms with Gasteiger partial charge >= 0.3 is 5.97 Å². The van der Waals surface area contributed by atoms with Crippen LogP contribution in [0.1, 0.15) is 5.56 Å². The molecule has 2 N–H and O–H groups in total. The predicted octanol–water partition coefficient (Wildman–Crippen LogP) is 5.50. The molecule has 4 aromatic rings. The molecule has 0 aliphatic rings. The Kier molecular flexibility index (Phi) is 5.74. The lowest BCUT2D eigenvalue weighted by Gasteiger charge is -2.10. The van der Waals surface area contributed by atoms with Gasteiger partial charge in [-0.2, -0.15) is 0 Å². The number of ether oxygens (including phenoxy) is 1. The maximum absolute atomic E-state index is 11.9. The van der Waals surface area contributed by atoms with Crippen molar-refractivity contribution < 1.29 is 14.6 Å². The van der Waals surface area contributed by atoms with Gasteiger partial charge in [0.05, 0.1) is 7.11 Å². The molecule has 0 atom stereocenters. The number of methoxy groups -OCH3 is 1. The van der Waals surface area contributed by atoms with Crippen LogP contribution in [-0.2, 0) is 4.79 Å². The number of rotatable bonds is 6. The van der Waals surface area contributed by atoms with E-state index in [9.17, 15) is 9.90 Å². The number of aromatic amines is 1. The average molecular weight is 438 g/mol. The van der Waals surface area contributed by atoms with E-state index in [2.05, 4.69) is 15.2 Å². The standard InChI is InChI=1S/C22H16ClN3O3S/c1-29-18-11-8-13-4-2-3-5-16(13)17(18)12-19(21(27)28)30-22-24-20(25-26-22)14-6-9-15(23)10-7-14/h2-12H,1H3,(H,27,28)(H,24,25,26)/b19-12-. The zero-order chi connectivity index (χ0) is 21.1. The first kappa shape index (κ1) is 20.0. The molecule has 0 aliphatic carbocycles. The Morgan fingerprint density at radius 2 is 1.90 bits per heavy atom. The summed E-state index contributed by atoms with van der Waals surface area (Å²) in [6.45, 7) is 0. The number of nitrogens with one attached hydrogen (secondary N) is 1. The molecule has 0 amide bonds. The van der Waals surface area contributed by atoms with Crippen molar-refractivity contribution in [1.82, 2.24) is 15.2 Å². The minimum Gasteiger partial charge on any atom is -0.496 e. The summed E-state index contributed by atoms with van der Waals surface area (Å²) in [5.74, 6) is 0.0411. The van der Waals surface area contributed by atoms with Crippen LogP contribution in [0.3, 0.4) is 0 Å². The van der Waals surface area contributed by atoms with Crippen molar-refractivity contribution in [2.24, 2.45) is 0 Å². The fourth-order valence-corrected chi connectivity index (χ4v) is 3.81. The molecule has 1 heterocycles. The highest BCUT2D eigenvalue weighted by Gasteiger charge is 2.16. The molecule has 150 valence electrons. The number of hydrogen-bond donors (Lipinski definition) is 2. The molecule has 0 radical (unpaired) electrons. The Balaban J connectivity index is 1.71. The molecule has 0 saturated heterocycles. The largest absolute Gasteiger partial charge is 0.496 e. The molecule has 1 aromatic heterocycles. The van der Waals surface area contributed by atoms with Crippen molar-refractivity contribution in [3.05, 3.63) is 76.2 Å². The molecule has 0 unspecified atom stereocenters. The van der Waals surface area contributed by atoms with Gasteiger partial charge in [0, 0.05) is 16.1 Å². The Morgan fingerprint density at radius 3 is 2.63 bits per heavy atom. The first-order valence-electron chi connectivity index (χ1n) is 8.92. The number of halogens is 1. The van der Waals surface area contributed by atoms with Crippen LogP contribution < -0.4 is 4.74 Å². The van der Waals surface area contributed by atoms with Gasteiger partial charge in [0.1, 0.15) is 10.7 Å². The summed E-state index contributed by atoms with van der Waals surface area (Å²) in [6.07, 6.45) is 1.59.